The lowest BCUT2D eigenvalue weighted by molar-refractivity contribution is -0.113. The summed E-state index contributed by atoms with van der Waals surface area (Å²) in [6, 6.07) is 13.1. The number of carbonyl (C=O) groups is 1. The van der Waals surface area contributed by atoms with Crippen LogP contribution in [0.25, 0.3) is 0 Å². The summed E-state index contributed by atoms with van der Waals surface area (Å²) in [6.45, 7) is 0.686. The Balaban J connectivity index is 1.97. The first-order valence-corrected chi connectivity index (χ1v) is 11.5. The summed E-state index contributed by atoms with van der Waals surface area (Å²) in [5.74, 6) is -1.42. The molecule has 0 radical (unpaired) electrons. The third kappa shape index (κ3) is 6.41. The molecule has 2 rings (SSSR count). The maximum atomic E-state index is 12.2. The molecule has 28 heavy (non-hydrogen) atoms. The number of nitrogens with one attached hydrogen (secondary N) is 2. The van der Waals surface area contributed by atoms with Gasteiger partial charge < -0.3 is 10.1 Å². The van der Waals surface area contributed by atoms with Gasteiger partial charge in [-0.15, -0.1) is 0 Å². The first-order valence-electron chi connectivity index (χ1n) is 8.41. The fraction of sp³-hybridized carbons (Fsp3) is 0.278. The average Bonchev–Trinajstić information content (AvgIpc) is 2.66. The molecule has 8 nitrogen and oxygen atoms in total. The fourth-order valence-corrected chi connectivity index (χ4v) is 4.53. The van der Waals surface area contributed by atoms with Crippen molar-refractivity contribution in [3.05, 3.63) is 54.6 Å². The molecule has 2 aromatic carbocycles. The number of hydrogen-bond donors (Lipinski definition) is 2. The van der Waals surface area contributed by atoms with Crippen LogP contribution >= 0.6 is 0 Å². The van der Waals surface area contributed by atoms with Gasteiger partial charge in [0.2, 0.25) is 15.9 Å². The Bertz CT molecular complexity index is 988. The SMILES string of the molecule is COCCCNS(=O)(=O)c1ccc(NC(=O)CS(=O)(=O)c2ccccc2)cc1. The normalized spacial score (nSPS) is 11.9. The third-order valence-corrected chi connectivity index (χ3v) is 6.80. The number of anilines is 1. The molecule has 1 amide bonds. The van der Waals surface area contributed by atoms with E-state index in [1.54, 1.807) is 18.2 Å². The van der Waals surface area contributed by atoms with E-state index in [0.717, 1.165) is 0 Å². The fourth-order valence-electron chi connectivity index (χ4n) is 2.30. The summed E-state index contributed by atoms with van der Waals surface area (Å²) in [5, 5.41) is 2.46. The van der Waals surface area contributed by atoms with Crippen molar-refractivity contribution < 1.29 is 26.4 Å². The van der Waals surface area contributed by atoms with Crippen molar-refractivity contribution in [3.63, 3.8) is 0 Å². The van der Waals surface area contributed by atoms with E-state index in [1.807, 2.05) is 0 Å². The number of sulfone groups is 1. The molecule has 0 bridgehead atoms. The molecule has 0 heterocycles. The quantitative estimate of drug-likeness (QED) is 0.555. The highest BCUT2D eigenvalue weighted by Crippen LogP contribution is 2.15. The van der Waals surface area contributed by atoms with E-state index in [0.29, 0.717) is 18.7 Å². The summed E-state index contributed by atoms with van der Waals surface area (Å²) in [7, 11) is -5.88. The van der Waals surface area contributed by atoms with Gasteiger partial charge in [0, 0.05) is 25.9 Å². The first kappa shape index (κ1) is 22.0. The largest absolute Gasteiger partial charge is 0.385 e. The Hall–Kier alpha value is -2.27. The lowest BCUT2D eigenvalue weighted by atomic mass is 10.3. The van der Waals surface area contributed by atoms with Crippen LogP contribution in [0.2, 0.25) is 0 Å². The average molecular weight is 427 g/mol. The van der Waals surface area contributed by atoms with Gasteiger partial charge in [0.25, 0.3) is 0 Å². The Labute approximate surface area is 164 Å². The van der Waals surface area contributed by atoms with Crippen LogP contribution < -0.4 is 10.0 Å². The maximum absolute atomic E-state index is 12.2. The molecule has 2 N–H and O–H groups in total. The molecule has 10 heteroatoms. The van der Waals surface area contributed by atoms with Gasteiger partial charge in [-0.3, -0.25) is 4.79 Å². The summed E-state index contributed by atoms with van der Waals surface area (Å²) in [6.07, 6.45) is 0.541. The highest BCUT2D eigenvalue weighted by Gasteiger charge is 2.19. The molecule has 0 atom stereocenters. The zero-order valence-electron chi connectivity index (χ0n) is 15.3. The van der Waals surface area contributed by atoms with E-state index in [-0.39, 0.29) is 16.3 Å². The summed E-state index contributed by atoms with van der Waals surface area (Å²) in [4.78, 5) is 12.2. The second-order valence-electron chi connectivity index (χ2n) is 5.89. The number of ether oxygens (including phenoxy) is 1. The Morgan fingerprint density at radius 2 is 1.57 bits per heavy atom. The number of rotatable bonds is 10. The lowest BCUT2D eigenvalue weighted by Gasteiger charge is -2.09. The monoisotopic (exact) mass is 426 g/mol. The van der Waals surface area contributed by atoms with Crippen molar-refractivity contribution in [2.75, 3.05) is 31.3 Å². The van der Waals surface area contributed by atoms with Crippen LogP contribution in [0.4, 0.5) is 5.69 Å². The highest BCUT2D eigenvalue weighted by atomic mass is 32.2. The summed E-state index contributed by atoms with van der Waals surface area (Å²) >= 11 is 0. The minimum absolute atomic E-state index is 0.0415. The maximum Gasteiger partial charge on any atom is 0.240 e. The molecule has 0 aliphatic carbocycles. The van der Waals surface area contributed by atoms with Gasteiger partial charge in [-0.25, -0.2) is 21.6 Å². The number of benzene rings is 2. The highest BCUT2D eigenvalue weighted by molar-refractivity contribution is 7.92. The first-order chi connectivity index (χ1) is 13.2. The molecule has 2 aromatic rings. The van der Waals surface area contributed by atoms with Gasteiger partial charge in [0.1, 0.15) is 5.75 Å². The van der Waals surface area contributed by atoms with Gasteiger partial charge >= 0.3 is 0 Å². The lowest BCUT2D eigenvalue weighted by Crippen LogP contribution is -2.25. The molecular weight excluding hydrogens is 404 g/mol. The van der Waals surface area contributed by atoms with Gasteiger partial charge in [-0.1, -0.05) is 18.2 Å². The molecule has 0 aliphatic rings. The van der Waals surface area contributed by atoms with E-state index < -0.39 is 31.5 Å². The van der Waals surface area contributed by atoms with Crippen LogP contribution in [0.5, 0.6) is 0 Å². The van der Waals surface area contributed by atoms with Gasteiger partial charge in [0.05, 0.1) is 9.79 Å². The molecular formula is C18H22N2O6S2. The minimum atomic E-state index is -3.75. The molecule has 0 saturated carbocycles. The van der Waals surface area contributed by atoms with E-state index in [9.17, 15) is 21.6 Å². The second kappa shape index (κ2) is 9.78. The van der Waals surface area contributed by atoms with Crippen LogP contribution in [-0.4, -0.2) is 48.8 Å². The second-order valence-corrected chi connectivity index (χ2v) is 9.65. The van der Waals surface area contributed by atoms with Crippen molar-refractivity contribution in [1.29, 1.82) is 0 Å². The predicted octanol–water partition coefficient (Wildman–Crippen LogP) is 1.41. The van der Waals surface area contributed by atoms with Crippen LogP contribution in [0.1, 0.15) is 6.42 Å². The van der Waals surface area contributed by atoms with Crippen molar-refractivity contribution in [1.82, 2.24) is 4.72 Å². The number of hydrogen-bond acceptors (Lipinski definition) is 6. The van der Waals surface area contributed by atoms with E-state index >= 15 is 0 Å². The number of methoxy groups -OCH3 is 1. The van der Waals surface area contributed by atoms with E-state index in [2.05, 4.69) is 10.0 Å². The molecule has 0 fully saturated rings. The van der Waals surface area contributed by atoms with Crippen LogP contribution in [0, 0.1) is 0 Å². The Morgan fingerprint density at radius 1 is 0.929 bits per heavy atom. The van der Waals surface area contributed by atoms with Gasteiger partial charge in [-0.2, -0.15) is 0 Å². The van der Waals surface area contributed by atoms with E-state index in [1.165, 1.54) is 43.5 Å². The molecule has 0 saturated heterocycles. The van der Waals surface area contributed by atoms with Crippen LogP contribution in [0.3, 0.4) is 0 Å². The topological polar surface area (TPSA) is 119 Å². The Kier molecular flexibility index (Phi) is 7.69. The molecule has 0 aliphatic heterocycles. The van der Waals surface area contributed by atoms with E-state index in [4.69, 9.17) is 4.74 Å². The summed E-state index contributed by atoms with van der Waals surface area (Å²) in [5.41, 5.74) is 0.298. The smallest absolute Gasteiger partial charge is 0.240 e. The number of sulfonamides is 1. The molecule has 152 valence electrons. The minimum Gasteiger partial charge on any atom is -0.385 e. The van der Waals surface area contributed by atoms with Crippen molar-refractivity contribution in [2.45, 2.75) is 16.2 Å². The zero-order chi connectivity index (χ0) is 20.6. The number of amides is 1. The molecule has 0 aromatic heterocycles. The predicted molar refractivity (Wildman–Crippen MR) is 105 cm³/mol. The summed E-state index contributed by atoms with van der Waals surface area (Å²) < 4.78 is 56.0. The van der Waals surface area contributed by atoms with Gasteiger partial charge in [0.15, 0.2) is 9.84 Å². The van der Waals surface area contributed by atoms with Crippen molar-refractivity contribution >= 4 is 31.5 Å². The van der Waals surface area contributed by atoms with Crippen molar-refractivity contribution in [3.8, 4) is 0 Å². The number of carbonyl (C=O) groups excluding carboxylic acids is 1. The van der Waals surface area contributed by atoms with Crippen LogP contribution in [0.15, 0.2) is 64.4 Å². The molecule has 0 unspecified atom stereocenters. The third-order valence-electron chi connectivity index (χ3n) is 3.69. The van der Waals surface area contributed by atoms with Crippen LogP contribution in [-0.2, 0) is 29.4 Å². The van der Waals surface area contributed by atoms with Gasteiger partial charge in [-0.05, 0) is 42.8 Å². The standard InChI is InChI=1S/C18H22N2O6S2/c1-26-13-5-12-19-28(24,25)17-10-8-15(9-11-17)20-18(21)14-27(22,23)16-6-3-2-4-7-16/h2-4,6-11,19H,5,12-14H2,1H3,(H,20,21). The van der Waals surface area contributed by atoms with Crippen molar-refractivity contribution in [2.24, 2.45) is 0 Å². The molecule has 0 spiro atoms. The Morgan fingerprint density at radius 3 is 2.18 bits per heavy atom. The zero-order valence-corrected chi connectivity index (χ0v) is 16.9.